The van der Waals surface area contributed by atoms with Crippen molar-refractivity contribution >= 4 is 27.4 Å². The number of ether oxygens (including phenoxy) is 2. The standard InChI is InChI=1S/C17H19N3O2S/c1-21-10-9-16-19-17(23-20-16)18-11-14-13-6-4-3-5-12(13)7-8-15(14)22-2/h3-8H,9-11H2,1-2H3,(H,18,19,20). The van der Waals surface area contributed by atoms with Gasteiger partial charge in [0.2, 0.25) is 5.13 Å². The Morgan fingerprint density at radius 1 is 1.13 bits per heavy atom. The Bertz CT molecular complexity index is 788. The molecule has 1 aromatic heterocycles. The Balaban J connectivity index is 1.79. The summed E-state index contributed by atoms with van der Waals surface area (Å²) in [6.07, 6.45) is 0.728. The summed E-state index contributed by atoms with van der Waals surface area (Å²) < 4.78 is 14.9. The number of hydrogen-bond donors (Lipinski definition) is 1. The van der Waals surface area contributed by atoms with Crippen molar-refractivity contribution < 1.29 is 9.47 Å². The molecule has 0 aliphatic heterocycles. The van der Waals surface area contributed by atoms with Gasteiger partial charge in [-0.3, -0.25) is 0 Å². The molecular formula is C17H19N3O2S. The molecule has 0 amide bonds. The first-order chi connectivity index (χ1) is 11.3. The monoisotopic (exact) mass is 329 g/mol. The fraction of sp³-hybridized carbons (Fsp3) is 0.294. The number of hydrogen-bond acceptors (Lipinski definition) is 6. The van der Waals surface area contributed by atoms with Crippen LogP contribution in [0.25, 0.3) is 10.8 Å². The van der Waals surface area contributed by atoms with Crippen LogP contribution in [0.4, 0.5) is 5.13 Å². The predicted molar refractivity (Wildman–Crippen MR) is 93.3 cm³/mol. The van der Waals surface area contributed by atoms with Crippen LogP contribution in [-0.4, -0.2) is 30.2 Å². The molecule has 3 rings (SSSR count). The molecule has 2 aromatic carbocycles. The van der Waals surface area contributed by atoms with Gasteiger partial charge in [-0.15, -0.1) is 0 Å². The smallest absolute Gasteiger partial charge is 0.202 e. The van der Waals surface area contributed by atoms with Crippen LogP contribution in [0.1, 0.15) is 11.4 Å². The molecule has 23 heavy (non-hydrogen) atoms. The number of methoxy groups -OCH3 is 2. The predicted octanol–water partition coefficient (Wildman–Crippen LogP) is 3.50. The first kappa shape index (κ1) is 15.7. The van der Waals surface area contributed by atoms with E-state index < -0.39 is 0 Å². The molecule has 0 spiro atoms. The van der Waals surface area contributed by atoms with Gasteiger partial charge in [0.05, 0.1) is 13.7 Å². The molecule has 120 valence electrons. The summed E-state index contributed by atoms with van der Waals surface area (Å²) in [6.45, 7) is 1.27. The van der Waals surface area contributed by atoms with Gasteiger partial charge in [-0.05, 0) is 16.8 Å². The second-order valence-corrected chi connectivity index (χ2v) is 5.83. The summed E-state index contributed by atoms with van der Waals surface area (Å²) in [5, 5.41) is 6.54. The lowest BCUT2D eigenvalue weighted by Crippen LogP contribution is -2.03. The highest BCUT2D eigenvalue weighted by molar-refractivity contribution is 7.09. The van der Waals surface area contributed by atoms with Crippen molar-refractivity contribution in [2.24, 2.45) is 0 Å². The maximum atomic E-state index is 5.51. The zero-order chi connectivity index (χ0) is 16.1. The topological polar surface area (TPSA) is 56.3 Å². The molecule has 6 heteroatoms. The molecule has 0 fully saturated rings. The number of benzene rings is 2. The molecule has 0 radical (unpaired) electrons. The summed E-state index contributed by atoms with van der Waals surface area (Å²) in [7, 11) is 3.37. The number of nitrogens with one attached hydrogen (secondary N) is 1. The molecule has 0 aliphatic carbocycles. The zero-order valence-corrected chi connectivity index (χ0v) is 14.0. The number of aromatic nitrogens is 2. The van der Waals surface area contributed by atoms with Gasteiger partial charge in [0.15, 0.2) is 0 Å². The largest absolute Gasteiger partial charge is 0.496 e. The third-order valence-corrected chi connectivity index (χ3v) is 4.34. The van der Waals surface area contributed by atoms with E-state index in [4.69, 9.17) is 9.47 Å². The minimum atomic E-state index is 0.632. The van der Waals surface area contributed by atoms with Crippen LogP contribution in [0.2, 0.25) is 0 Å². The Labute approximate surface area is 139 Å². The summed E-state index contributed by atoms with van der Waals surface area (Å²) in [5.41, 5.74) is 1.12. The number of anilines is 1. The highest BCUT2D eigenvalue weighted by Crippen LogP contribution is 2.28. The van der Waals surface area contributed by atoms with Crippen molar-refractivity contribution in [2.45, 2.75) is 13.0 Å². The van der Waals surface area contributed by atoms with Gasteiger partial charge in [0.25, 0.3) is 0 Å². The van der Waals surface area contributed by atoms with E-state index in [-0.39, 0.29) is 0 Å². The molecule has 0 saturated heterocycles. The summed E-state index contributed by atoms with van der Waals surface area (Å²) in [4.78, 5) is 4.47. The third kappa shape index (κ3) is 3.60. The van der Waals surface area contributed by atoms with Crippen molar-refractivity contribution in [1.29, 1.82) is 0 Å². The lowest BCUT2D eigenvalue weighted by molar-refractivity contribution is 0.201. The normalized spacial score (nSPS) is 10.9. The highest BCUT2D eigenvalue weighted by Gasteiger charge is 2.10. The Hall–Kier alpha value is -2.18. The molecule has 0 saturated carbocycles. The van der Waals surface area contributed by atoms with Crippen molar-refractivity contribution in [3.63, 3.8) is 0 Å². The van der Waals surface area contributed by atoms with E-state index in [1.807, 2.05) is 18.2 Å². The van der Waals surface area contributed by atoms with Gasteiger partial charge < -0.3 is 14.8 Å². The first-order valence-corrected chi connectivity index (χ1v) is 8.19. The SMILES string of the molecule is COCCc1nsc(NCc2c(OC)ccc3ccccc23)n1. The van der Waals surface area contributed by atoms with Crippen molar-refractivity contribution in [3.8, 4) is 5.75 Å². The van der Waals surface area contributed by atoms with E-state index in [0.717, 1.165) is 28.7 Å². The second-order valence-electron chi connectivity index (χ2n) is 5.08. The molecule has 1 heterocycles. The Morgan fingerprint density at radius 2 is 2.00 bits per heavy atom. The molecule has 0 aliphatic rings. The van der Waals surface area contributed by atoms with Crippen molar-refractivity contribution in [1.82, 2.24) is 9.36 Å². The van der Waals surface area contributed by atoms with E-state index in [1.165, 1.54) is 22.3 Å². The van der Waals surface area contributed by atoms with Crippen LogP contribution in [0, 0.1) is 0 Å². The summed E-state index contributed by atoms with van der Waals surface area (Å²) in [6, 6.07) is 12.4. The molecule has 5 nitrogen and oxygen atoms in total. The first-order valence-electron chi connectivity index (χ1n) is 7.42. The van der Waals surface area contributed by atoms with Gasteiger partial charge >= 0.3 is 0 Å². The molecule has 1 N–H and O–H groups in total. The lowest BCUT2D eigenvalue weighted by atomic mass is 10.0. The van der Waals surface area contributed by atoms with E-state index in [9.17, 15) is 0 Å². The number of rotatable bonds is 7. The molecule has 0 atom stereocenters. The lowest BCUT2D eigenvalue weighted by Gasteiger charge is -2.12. The van der Waals surface area contributed by atoms with Gasteiger partial charge in [0.1, 0.15) is 11.6 Å². The fourth-order valence-corrected chi connectivity index (χ4v) is 3.08. The molecule has 0 bridgehead atoms. The average molecular weight is 329 g/mol. The minimum absolute atomic E-state index is 0.632. The maximum Gasteiger partial charge on any atom is 0.202 e. The molecular weight excluding hydrogens is 310 g/mol. The minimum Gasteiger partial charge on any atom is -0.496 e. The molecule has 3 aromatic rings. The van der Waals surface area contributed by atoms with Crippen LogP contribution in [0.3, 0.4) is 0 Å². The van der Waals surface area contributed by atoms with Gasteiger partial charge in [0, 0.05) is 37.2 Å². The average Bonchev–Trinajstić information content (AvgIpc) is 3.05. The van der Waals surface area contributed by atoms with Gasteiger partial charge in [-0.2, -0.15) is 4.37 Å². The van der Waals surface area contributed by atoms with E-state index in [1.54, 1.807) is 14.2 Å². The van der Waals surface area contributed by atoms with Gasteiger partial charge in [-0.1, -0.05) is 30.3 Å². The van der Waals surface area contributed by atoms with E-state index in [2.05, 4.69) is 32.9 Å². The second kappa shape index (κ2) is 7.39. The fourth-order valence-electron chi connectivity index (χ4n) is 2.47. The quantitative estimate of drug-likeness (QED) is 0.719. The van der Waals surface area contributed by atoms with Crippen LogP contribution >= 0.6 is 11.5 Å². The summed E-state index contributed by atoms with van der Waals surface area (Å²) in [5.74, 6) is 1.68. The maximum absolute atomic E-state index is 5.51. The van der Waals surface area contributed by atoms with Crippen LogP contribution in [0.15, 0.2) is 36.4 Å². The Morgan fingerprint density at radius 3 is 2.83 bits per heavy atom. The van der Waals surface area contributed by atoms with Crippen molar-refractivity contribution in [2.75, 3.05) is 26.1 Å². The third-order valence-electron chi connectivity index (χ3n) is 3.63. The Kier molecular flexibility index (Phi) is 5.05. The van der Waals surface area contributed by atoms with Crippen LogP contribution in [0.5, 0.6) is 5.75 Å². The van der Waals surface area contributed by atoms with E-state index >= 15 is 0 Å². The van der Waals surface area contributed by atoms with Crippen LogP contribution < -0.4 is 10.1 Å². The van der Waals surface area contributed by atoms with Crippen LogP contribution in [-0.2, 0) is 17.7 Å². The molecule has 0 unspecified atom stereocenters. The van der Waals surface area contributed by atoms with E-state index in [0.29, 0.717) is 13.2 Å². The number of nitrogens with zero attached hydrogens (tertiary/aromatic N) is 2. The number of fused-ring (bicyclic) bond motifs is 1. The zero-order valence-electron chi connectivity index (χ0n) is 13.2. The summed E-state index contributed by atoms with van der Waals surface area (Å²) >= 11 is 1.37. The van der Waals surface area contributed by atoms with Gasteiger partial charge in [-0.25, -0.2) is 4.98 Å². The highest BCUT2D eigenvalue weighted by atomic mass is 32.1. The van der Waals surface area contributed by atoms with Crippen molar-refractivity contribution in [3.05, 3.63) is 47.8 Å².